The van der Waals surface area contributed by atoms with Crippen LogP contribution in [0.25, 0.3) is 0 Å². The van der Waals surface area contributed by atoms with Gasteiger partial charge in [-0.25, -0.2) is 0 Å². The predicted octanol–water partition coefficient (Wildman–Crippen LogP) is 7.38. The van der Waals surface area contributed by atoms with E-state index in [0.29, 0.717) is 12.2 Å². The molecular weight excluding hydrogens is 364 g/mol. The first-order chi connectivity index (χ1) is 14.0. The van der Waals surface area contributed by atoms with Gasteiger partial charge in [0.25, 0.3) is 0 Å². The fourth-order valence-corrected chi connectivity index (χ4v) is 2.75. The van der Waals surface area contributed by atoms with E-state index in [1.165, 1.54) is 64.7 Å². The molecule has 0 saturated carbocycles. The molecule has 0 aliphatic heterocycles. The van der Waals surface area contributed by atoms with Crippen LogP contribution >= 0.6 is 0 Å². The number of ether oxygens (including phenoxy) is 2. The predicted molar refractivity (Wildman–Crippen MR) is 120 cm³/mol. The first kappa shape index (κ1) is 27.2. The molecule has 1 aromatic rings. The lowest BCUT2D eigenvalue weighted by molar-refractivity contribution is -0.142. The second-order valence-electron chi connectivity index (χ2n) is 7.48. The standard InChI is InChI=1S/C19H28O4.C6H14/c1-3-4-5-6-7-8-9-10-19(21)23-18-13-11-17(12-14-18)15-22-16(2)20;1-3-5-6-4-2/h11-14H,3-10,15H2,1-2H3;3-6H2,1-2H3. The Morgan fingerprint density at radius 1 is 0.724 bits per heavy atom. The average Bonchev–Trinajstić information content (AvgIpc) is 2.71. The number of hydrogen-bond donors (Lipinski definition) is 0. The van der Waals surface area contributed by atoms with Crippen molar-refractivity contribution in [2.45, 2.75) is 111 Å². The van der Waals surface area contributed by atoms with E-state index in [9.17, 15) is 9.59 Å². The summed E-state index contributed by atoms with van der Waals surface area (Å²) in [4.78, 5) is 22.5. The molecule has 0 aliphatic rings. The molecule has 0 atom stereocenters. The minimum Gasteiger partial charge on any atom is -0.461 e. The second kappa shape index (κ2) is 19.5. The molecule has 0 N–H and O–H groups in total. The molecule has 0 saturated heterocycles. The Kier molecular flexibility index (Phi) is 18.2. The molecule has 0 amide bonds. The molecule has 4 heteroatoms. The maximum atomic E-state index is 11.8. The average molecular weight is 407 g/mol. The summed E-state index contributed by atoms with van der Waals surface area (Å²) in [6, 6.07) is 7.03. The first-order valence-corrected chi connectivity index (χ1v) is 11.5. The number of carbonyl (C=O) groups is 2. The largest absolute Gasteiger partial charge is 0.461 e. The number of esters is 2. The van der Waals surface area contributed by atoms with Gasteiger partial charge < -0.3 is 9.47 Å². The van der Waals surface area contributed by atoms with Crippen molar-refractivity contribution in [3.05, 3.63) is 29.8 Å². The number of hydrogen-bond acceptors (Lipinski definition) is 4. The van der Waals surface area contributed by atoms with E-state index in [0.717, 1.165) is 18.4 Å². The lowest BCUT2D eigenvalue weighted by Gasteiger charge is -2.06. The fourth-order valence-electron chi connectivity index (χ4n) is 2.75. The molecule has 166 valence electrons. The van der Waals surface area contributed by atoms with Crippen molar-refractivity contribution in [2.75, 3.05) is 0 Å². The highest BCUT2D eigenvalue weighted by Gasteiger charge is 2.05. The highest BCUT2D eigenvalue weighted by molar-refractivity contribution is 5.72. The van der Waals surface area contributed by atoms with E-state index in [1.54, 1.807) is 24.3 Å². The van der Waals surface area contributed by atoms with Gasteiger partial charge in [0.1, 0.15) is 12.4 Å². The zero-order chi connectivity index (χ0) is 21.7. The quantitative estimate of drug-likeness (QED) is 0.184. The number of unbranched alkanes of at least 4 members (excludes halogenated alkanes) is 9. The normalized spacial score (nSPS) is 10.1. The maximum Gasteiger partial charge on any atom is 0.311 e. The molecule has 0 radical (unpaired) electrons. The highest BCUT2D eigenvalue weighted by Crippen LogP contribution is 2.15. The minimum atomic E-state index is -0.310. The summed E-state index contributed by atoms with van der Waals surface area (Å²) in [7, 11) is 0. The van der Waals surface area contributed by atoms with Crippen molar-refractivity contribution in [1.82, 2.24) is 0 Å². The van der Waals surface area contributed by atoms with Gasteiger partial charge in [-0.3, -0.25) is 9.59 Å². The highest BCUT2D eigenvalue weighted by atomic mass is 16.5. The van der Waals surface area contributed by atoms with E-state index >= 15 is 0 Å². The summed E-state index contributed by atoms with van der Waals surface area (Å²) >= 11 is 0. The van der Waals surface area contributed by atoms with E-state index in [4.69, 9.17) is 9.47 Å². The number of rotatable bonds is 14. The summed E-state index contributed by atoms with van der Waals surface area (Å²) in [6.45, 7) is 8.28. The van der Waals surface area contributed by atoms with Crippen LogP contribution in [0.4, 0.5) is 0 Å². The van der Waals surface area contributed by atoms with Crippen LogP contribution < -0.4 is 4.74 Å². The van der Waals surface area contributed by atoms with Crippen LogP contribution in [-0.4, -0.2) is 11.9 Å². The summed E-state index contributed by atoms with van der Waals surface area (Å²) in [5, 5.41) is 0. The Labute approximate surface area is 178 Å². The molecule has 1 aromatic carbocycles. The van der Waals surface area contributed by atoms with Crippen LogP contribution in [0.15, 0.2) is 24.3 Å². The molecule has 0 fully saturated rings. The van der Waals surface area contributed by atoms with Crippen LogP contribution in [0.2, 0.25) is 0 Å². The van der Waals surface area contributed by atoms with Gasteiger partial charge in [0.15, 0.2) is 0 Å². The van der Waals surface area contributed by atoms with Gasteiger partial charge in [-0.05, 0) is 24.1 Å². The molecule has 1 rings (SSSR count). The minimum absolute atomic E-state index is 0.189. The SMILES string of the molecule is CCCCCC.CCCCCCCCCC(=O)Oc1ccc(COC(C)=O)cc1. The zero-order valence-corrected chi connectivity index (χ0v) is 19.1. The van der Waals surface area contributed by atoms with Crippen LogP contribution in [0.1, 0.15) is 110 Å². The zero-order valence-electron chi connectivity index (χ0n) is 19.1. The van der Waals surface area contributed by atoms with Gasteiger partial charge in [0.05, 0.1) is 0 Å². The Bertz CT molecular complexity index is 518. The second-order valence-corrected chi connectivity index (χ2v) is 7.48. The summed E-state index contributed by atoms with van der Waals surface area (Å²) in [5.74, 6) is 0.0333. The molecule has 0 heterocycles. The number of carbonyl (C=O) groups excluding carboxylic acids is 2. The third kappa shape index (κ3) is 18.0. The van der Waals surface area contributed by atoms with Crippen molar-refractivity contribution >= 4 is 11.9 Å². The van der Waals surface area contributed by atoms with Gasteiger partial charge in [-0.2, -0.15) is 0 Å². The van der Waals surface area contributed by atoms with Gasteiger partial charge in [0.2, 0.25) is 0 Å². The van der Waals surface area contributed by atoms with E-state index in [2.05, 4.69) is 20.8 Å². The Hall–Kier alpha value is -1.84. The lowest BCUT2D eigenvalue weighted by Crippen LogP contribution is -2.07. The van der Waals surface area contributed by atoms with Crippen LogP contribution in [-0.2, 0) is 20.9 Å². The molecule has 0 aliphatic carbocycles. The molecule has 0 unspecified atom stereocenters. The summed E-state index contributed by atoms with van der Waals surface area (Å²) in [5.41, 5.74) is 0.868. The Morgan fingerprint density at radius 3 is 1.72 bits per heavy atom. The molecule has 0 aromatic heterocycles. The Morgan fingerprint density at radius 2 is 1.21 bits per heavy atom. The topological polar surface area (TPSA) is 52.6 Å². The molecular formula is C25H42O4. The smallest absolute Gasteiger partial charge is 0.311 e. The van der Waals surface area contributed by atoms with Gasteiger partial charge >= 0.3 is 11.9 Å². The number of benzene rings is 1. The van der Waals surface area contributed by atoms with Crippen molar-refractivity contribution in [2.24, 2.45) is 0 Å². The molecule has 0 spiro atoms. The van der Waals surface area contributed by atoms with Crippen molar-refractivity contribution in [3.63, 3.8) is 0 Å². The maximum absolute atomic E-state index is 11.8. The van der Waals surface area contributed by atoms with Gasteiger partial charge in [-0.1, -0.05) is 97.1 Å². The van der Waals surface area contributed by atoms with Crippen LogP contribution in [0.5, 0.6) is 5.75 Å². The Balaban J connectivity index is 0.00000113. The van der Waals surface area contributed by atoms with E-state index in [1.807, 2.05) is 0 Å². The van der Waals surface area contributed by atoms with Crippen molar-refractivity contribution in [1.29, 1.82) is 0 Å². The van der Waals surface area contributed by atoms with Gasteiger partial charge in [0, 0.05) is 13.3 Å². The van der Waals surface area contributed by atoms with E-state index in [-0.39, 0.29) is 18.5 Å². The first-order valence-electron chi connectivity index (χ1n) is 11.5. The molecule has 29 heavy (non-hydrogen) atoms. The van der Waals surface area contributed by atoms with Crippen LogP contribution in [0, 0.1) is 0 Å². The molecule has 4 nitrogen and oxygen atoms in total. The van der Waals surface area contributed by atoms with Crippen LogP contribution in [0.3, 0.4) is 0 Å². The summed E-state index contributed by atoms with van der Waals surface area (Å²) < 4.78 is 10.2. The molecule has 0 bridgehead atoms. The van der Waals surface area contributed by atoms with Gasteiger partial charge in [-0.15, -0.1) is 0 Å². The monoisotopic (exact) mass is 406 g/mol. The third-order valence-corrected chi connectivity index (χ3v) is 4.54. The fraction of sp³-hybridized carbons (Fsp3) is 0.680. The van der Waals surface area contributed by atoms with Crippen molar-refractivity contribution < 1.29 is 19.1 Å². The summed E-state index contributed by atoms with van der Waals surface area (Å²) in [6.07, 6.45) is 14.3. The lowest BCUT2D eigenvalue weighted by atomic mass is 10.1. The van der Waals surface area contributed by atoms with Crippen molar-refractivity contribution in [3.8, 4) is 5.75 Å². The van der Waals surface area contributed by atoms with E-state index < -0.39 is 0 Å². The third-order valence-electron chi connectivity index (χ3n) is 4.54.